The second-order valence-electron chi connectivity index (χ2n) is 5.73. The summed E-state index contributed by atoms with van der Waals surface area (Å²) in [6.45, 7) is 0.740. The number of rotatable bonds is 4. The van der Waals surface area contributed by atoms with E-state index in [1.807, 2.05) is 18.3 Å². The summed E-state index contributed by atoms with van der Waals surface area (Å²) in [6.07, 6.45) is 5.73. The summed E-state index contributed by atoms with van der Waals surface area (Å²) in [6, 6.07) is 8.27. The Morgan fingerprint density at radius 1 is 1.23 bits per heavy atom. The lowest BCUT2D eigenvalue weighted by molar-refractivity contribution is 0.897. The molecular weight excluding hydrogens is 276 g/mol. The Labute approximate surface area is 127 Å². The molecule has 3 N–H and O–H groups in total. The van der Waals surface area contributed by atoms with Crippen LogP contribution in [0, 0.1) is 0 Å². The zero-order valence-electron chi connectivity index (χ0n) is 12.3. The Morgan fingerprint density at radius 3 is 3.09 bits per heavy atom. The molecule has 0 fully saturated rings. The number of aryl methyl sites for hydroxylation is 1. The highest BCUT2D eigenvalue weighted by Crippen LogP contribution is 2.19. The molecule has 4 rings (SSSR count). The van der Waals surface area contributed by atoms with Crippen LogP contribution < -0.4 is 10.9 Å². The van der Waals surface area contributed by atoms with Crippen LogP contribution in [0.25, 0.3) is 10.9 Å². The lowest BCUT2D eigenvalue weighted by atomic mass is 10.1. The van der Waals surface area contributed by atoms with Crippen molar-refractivity contribution in [2.45, 2.75) is 25.7 Å². The van der Waals surface area contributed by atoms with Gasteiger partial charge in [0.25, 0.3) is 5.56 Å². The van der Waals surface area contributed by atoms with Gasteiger partial charge < -0.3 is 10.3 Å². The first-order chi connectivity index (χ1) is 10.8. The lowest BCUT2D eigenvalue weighted by Gasteiger charge is -2.06. The van der Waals surface area contributed by atoms with E-state index in [9.17, 15) is 4.79 Å². The van der Waals surface area contributed by atoms with Crippen molar-refractivity contribution in [3.8, 4) is 0 Å². The molecule has 112 valence electrons. The molecule has 0 bridgehead atoms. The first-order valence-corrected chi connectivity index (χ1v) is 7.72. The zero-order valence-corrected chi connectivity index (χ0v) is 12.3. The molecule has 0 spiro atoms. The van der Waals surface area contributed by atoms with Gasteiger partial charge in [-0.25, -0.2) is 4.98 Å². The number of benzene rings is 1. The van der Waals surface area contributed by atoms with Crippen LogP contribution in [0.3, 0.4) is 0 Å². The van der Waals surface area contributed by atoms with E-state index < -0.39 is 0 Å². The molecule has 1 aliphatic carbocycles. The molecule has 0 amide bonds. The topological polar surface area (TPSA) is 73.6 Å². The third kappa shape index (κ3) is 2.28. The Balaban J connectivity index is 1.47. The van der Waals surface area contributed by atoms with E-state index in [4.69, 9.17) is 0 Å². The number of anilines is 1. The van der Waals surface area contributed by atoms with E-state index in [0.717, 1.165) is 49.0 Å². The molecule has 5 heteroatoms. The number of nitrogens with one attached hydrogen (secondary N) is 3. The van der Waals surface area contributed by atoms with Gasteiger partial charge in [0.1, 0.15) is 0 Å². The molecule has 1 aromatic carbocycles. The molecule has 0 saturated carbocycles. The number of H-pyrrole nitrogens is 2. The summed E-state index contributed by atoms with van der Waals surface area (Å²) >= 11 is 0. The maximum absolute atomic E-state index is 12.0. The van der Waals surface area contributed by atoms with Crippen LogP contribution in [-0.2, 0) is 19.3 Å². The fourth-order valence-electron chi connectivity index (χ4n) is 3.18. The molecule has 1 aliphatic rings. The second kappa shape index (κ2) is 5.33. The Morgan fingerprint density at radius 2 is 2.14 bits per heavy atom. The number of aromatic nitrogens is 3. The van der Waals surface area contributed by atoms with Crippen molar-refractivity contribution in [1.29, 1.82) is 0 Å². The van der Waals surface area contributed by atoms with Gasteiger partial charge in [-0.1, -0.05) is 18.2 Å². The quantitative estimate of drug-likeness (QED) is 0.691. The normalized spacial score (nSPS) is 13.5. The Kier molecular flexibility index (Phi) is 3.18. The van der Waals surface area contributed by atoms with Crippen molar-refractivity contribution >= 4 is 16.9 Å². The highest BCUT2D eigenvalue weighted by molar-refractivity contribution is 5.83. The smallest absolute Gasteiger partial charge is 0.255 e. The van der Waals surface area contributed by atoms with Gasteiger partial charge in [-0.05, 0) is 37.3 Å². The highest BCUT2D eigenvalue weighted by Gasteiger charge is 2.16. The molecule has 0 saturated heterocycles. The molecule has 22 heavy (non-hydrogen) atoms. The molecular formula is C17H18N4O. The van der Waals surface area contributed by atoms with Crippen LogP contribution in [0.15, 0.2) is 35.3 Å². The molecule has 2 heterocycles. The van der Waals surface area contributed by atoms with Crippen LogP contribution in [0.2, 0.25) is 0 Å². The minimum absolute atomic E-state index is 0.0112. The Bertz CT molecular complexity index is 878. The van der Waals surface area contributed by atoms with E-state index in [1.165, 1.54) is 10.9 Å². The second-order valence-corrected chi connectivity index (χ2v) is 5.73. The first-order valence-electron chi connectivity index (χ1n) is 7.72. The molecule has 0 aliphatic heterocycles. The zero-order chi connectivity index (χ0) is 14.9. The largest absolute Gasteiger partial charge is 0.361 e. The number of fused-ring (bicyclic) bond motifs is 2. The minimum atomic E-state index is 0.0112. The fraction of sp³-hybridized carbons (Fsp3) is 0.294. The summed E-state index contributed by atoms with van der Waals surface area (Å²) in [4.78, 5) is 22.6. The Hall–Kier alpha value is -2.56. The van der Waals surface area contributed by atoms with Gasteiger partial charge in [-0.2, -0.15) is 0 Å². The maximum atomic E-state index is 12.0. The first kappa shape index (κ1) is 13.1. The summed E-state index contributed by atoms with van der Waals surface area (Å²) in [5.74, 6) is 0.588. The summed E-state index contributed by atoms with van der Waals surface area (Å²) in [5, 5.41) is 4.49. The fourth-order valence-corrected chi connectivity index (χ4v) is 3.18. The third-order valence-corrected chi connectivity index (χ3v) is 4.30. The average Bonchev–Trinajstić information content (AvgIpc) is 3.15. The predicted octanol–water partition coefficient (Wildman–Crippen LogP) is 2.39. The predicted molar refractivity (Wildman–Crippen MR) is 87.4 cm³/mol. The van der Waals surface area contributed by atoms with Crippen molar-refractivity contribution in [3.05, 3.63) is 57.6 Å². The van der Waals surface area contributed by atoms with Gasteiger partial charge in [-0.15, -0.1) is 0 Å². The number of nitrogens with zero attached hydrogens (tertiary/aromatic N) is 1. The molecule has 0 radical (unpaired) electrons. The third-order valence-electron chi connectivity index (χ3n) is 4.30. The average molecular weight is 294 g/mol. The van der Waals surface area contributed by atoms with Crippen LogP contribution in [0.4, 0.5) is 5.95 Å². The van der Waals surface area contributed by atoms with Crippen LogP contribution in [0.1, 0.15) is 23.2 Å². The van der Waals surface area contributed by atoms with Gasteiger partial charge in [0.2, 0.25) is 5.95 Å². The monoisotopic (exact) mass is 294 g/mol. The molecule has 0 unspecified atom stereocenters. The van der Waals surface area contributed by atoms with E-state index >= 15 is 0 Å². The van der Waals surface area contributed by atoms with E-state index in [2.05, 4.69) is 32.4 Å². The molecule has 3 aromatic rings. The van der Waals surface area contributed by atoms with Gasteiger partial charge in [0.15, 0.2) is 0 Å². The van der Waals surface area contributed by atoms with Crippen molar-refractivity contribution in [2.75, 3.05) is 11.9 Å². The van der Waals surface area contributed by atoms with Crippen LogP contribution >= 0.6 is 0 Å². The van der Waals surface area contributed by atoms with Gasteiger partial charge in [0, 0.05) is 29.2 Å². The standard InChI is InChI=1S/C17H18N4O/c22-16-13-5-3-7-15(13)20-17(21-16)18-9-8-11-10-19-14-6-2-1-4-12(11)14/h1-2,4,6,10,19H,3,5,7-9H2,(H2,18,20,21,22). The maximum Gasteiger partial charge on any atom is 0.255 e. The van der Waals surface area contributed by atoms with Crippen molar-refractivity contribution < 1.29 is 0 Å². The summed E-state index contributed by atoms with van der Waals surface area (Å²) in [7, 11) is 0. The van der Waals surface area contributed by atoms with Gasteiger partial charge >= 0.3 is 0 Å². The highest BCUT2D eigenvalue weighted by atomic mass is 16.1. The number of hydrogen-bond acceptors (Lipinski definition) is 3. The van der Waals surface area contributed by atoms with E-state index in [-0.39, 0.29) is 5.56 Å². The molecule has 0 atom stereocenters. The van der Waals surface area contributed by atoms with E-state index in [0.29, 0.717) is 5.95 Å². The number of aromatic amines is 2. The number of para-hydroxylation sites is 1. The van der Waals surface area contributed by atoms with Gasteiger partial charge in [-0.3, -0.25) is 9.78 Å². The van der Waals surface area contributed by atoms with E-state index in [1.54, 1.807) is 0 Å². The summed E-state index contributed by atoms with van der Waals surface area (Å²) in [5.41, 5.74) is 4.26. The van der Waals surface area contributed by atoms with Gasteiger partial charge in [0.05, 0.1) is 5.69 Å². The van der Waals surface area contributed by atoms with Crippen LogP contribution in [0.5, 0.6) is 0 Å². The van der Waals surface area contributed by atoms with Crippen molar-refractivity contribution in [1.82, 2.24) is 15.0 Å². The van der Waals surface area contributed by atoms with Crippen LogP contribution in [-0.4, -0.2) is 21.5 Å². The number of hydrogen-bond donors (Lipinski definition) is 3. The van der Waals surface area contributed by atoms with Crippen molar-refractivity contribution in [3.63, 3.8) is 0 Å². The molecule has 5 nitrogen and oxygen atoms in total. The lowest BCUT2D eigenvalue weighted by Crippen LogP contribution is -2.18. The molecule has 2 aromatic heterocycles. The minimum Gasteiger partial charge on any atom is -0.361 e. The van der Waals surface area contributed by atoms with Crippen molar-refractivity contribution in [2.24, 2.45) is 0 Å². The summed E-state index contributed by atoms with van der Waals surface area (Å²) < 4.78 is 0. The SMILES string of the molecule is O=c1[nH]c(NCCc2c[nH]c3ccccc23)nc2c1CCC2.